The number of anilines is 1. The maximum absolute atomic E-state index is 12.8. The van der Waals surface area contributed by atoms with E-state index in [-0.39, 0.29) is 11.9 Å². The van der Waals surface area contributed by atoms with Crippen LogP contribution in [-0.2, 0) is 11.2 Å². The fraction of sp³-hybridized carbons (Fsp3) is 0.278. The molecule has 1 saturated heterocycles. The number of carbonyl (C=O) groups excluding carboxylic acids is 2. The summed E-state index contributed by atoms with van der Waals surface area (Å²) in [5.41, 5.74) is 2.11. The van der Waals surface area contributed by atoms with Gasteiger partial charge in [0.2, 0.25) is 5.91 Å². The molecule has 0 bridgehead atoms. The van der Waals surface area contributed by atoms with E-state index in [0.29, 0.717) is 18.2 Å². The van der Waals surface area contributed by atoms with Gasteiger partial charge in [0.15, 0.2) is 5.13 Å². The second-order valence-corrected chi connectivity index (χ2v) is 8.02. The molecule has 2 N–H and O–H groups in total. The molecule has 4 rings (SSSR count). The molecule has 0 spiro atoms. The third kappa shape index (κ3) is 3.17. The minimum absolute atomic E-state index is 0.147. The molecule has 1 fully saturated rings. The summed E-state index contributed by atoms with van der Waals surface area (Å²) in [7, 11) is 0. The van der Waals surface area contributed by atoms with Crippen LogP contribution in [0.5, 0.6) is 0 Å². The van der Waals surface area contributed by atoms with Crippen molar-refractivity contribution < 1.29 is 9.59 Å². The van der Waals surface area contributed by atoms with Crippen molar-refractivity contribution in [1.82, 2.24) is 15.2 Å². The highest BCUT2D eigenvalue weighted by molar-refractivity contribution is 7.22. The van der Waals surface area contributed by atoms with Gasteiger partial charge in [-0.2, -0.15) is 0 Å². The Bertz CT molecular complexity index is 951. The van der Waals surface area contributed by atoms with E-state index in [9.17, 15) is 9.59 Å². The average Bonchev–Trinajstić information content (AvgIpc) is 3.29. The molecule has 1 aliphatic heterocycles. The van der Waals surface area contributed by atoms with Gasteiger partial charge in [0.05, 0.1) is 10.2 Å². The van der Waals surface area contributed by atoms with E-state index in [1.54, 1.807) is 4.90 Å². The number of rotatable bonds is 3. The van der Waals surface area contributed by atoms with Crippen molar-refractivity contribution in [3.63, 3.8) is 0 Å². The average molecular weight is 387 g/mol. The Kier molecular flexibility index (Phi) is 4.60. The SMILES string of the molecule is CCc1ccc2nc(NC(=O)N3CCNC(=O)[C@H]3c3cccs3)sc2c1. The predicted molar refractivity (Wildman–Crippen MR) is 105 cm³/mol. The van der Waals surface area contributed by atoms with Gasteiger partial charge in [0, 0.05) is 18.0 Å². The summed E-state index contributed by atoms with van der Waals surface area (Å²) in [5.74, 6) is -0.147. The van der Waals surface area contributed by atoms with Crippen molar-refractivity contribution in [3.8, 4) is 0 Å². The molecule has 26 heavy (non-hydrogen) atoms. The number of nitrogens with one attached hydrogen (secondary N) is 2. The zero-order valence-corrected chi connectivity index (χ0v) is 15.8. The first-order valence-corrected chi connectivity index (χ1v) is 10.1. The number of urea groups is 1. The Morgan fingerprint density at radius 1 is 1.42 bits per heavy atom. The minimum atomic E-state index is -0.593. The number of carbonyl (C=O) groups is 2. The molecule has 3 amide bonds. The molecule has 0 radical (unpaired) electrons. The van der Waals surface area contributed by atoms with E-state index < -0.39 is 6.04 Å². The van der Waals surface area contributed by atoms with Crippen LogP contribution in [0.1, 0.15) is 23.4 Å². The molecule has 134 valence electrons. The quantitative estimate of drug-likeness (QED) is 0.722. The molecule has 8 heteroatoms. The summed E-state index contributed by atoms with van der Waals surface area (Å²) < 4.78 is 1.05. The van der Waals surface area contributed by atoms with Crippen LogP contribution >= 0.6 is 22.7 Å². The first-order chi connectivity index (χ1) is 12.7. The van der Waals surface area contributed by atoms with Crippen LogP contribution < -0.4 is 10.6 Å². The van der Waals surface area contributed by atoms with E-state index in [2.05, 4.69) is 34.7 Å². The Morgan fingerprint density at radius 2 is 2.31 bits per heavy atom. The van der Waals surface area contributed by atoms with Gasteiger partial charge in [-0.1, -0.05) is 30.4 Å². The highest BCUT2D eigenvalue weighted by Gasteiger charge is 2.35. The molecule has 2 aromatic heterocycles. The molecule has 1 aromatic carbocycles. The molecular weight excluding hydrogens is 368 g/mol. The lowest BCUT2D eigenvalue weighted by Crippen LogP contribution is -2.53. The third-order valence-electron chi connectivity index (χ3n) is 4.36. The molecule has 1 aliphatic rings. The van der Waals surface area contributed by atoms with Crippen molar-refractivity contribution in [3.05, 3.63) is 46.2 Å². The molecule has 3 aromatic rings. The van der Waals surface area contributed by atoms with E-state index in [1.165, 1.54) is 28.2 Å². The van der Waals surface area contributed by atoms with Crippen molar-refractivity contribution in [2.75, 3.05) is 18.4 Å². The maximum Gasteiger partial charge on any atom is 0.324 e. The van der Waals surface area contributed by atoms with Crippen molar-refractivity contribution >= 4 is 50.0 Å². The first-order valence-electron chi connectivity index (χ1n) is 8.44. The molecule has 1 atom stereocenters. The molecule has 0 aliphatic carbocycles. The maximum atomic E-state index is 12.8. The van der Waals surface area contributed by atoms with Crippen LogP contribution in [0.15, 0.2) is 35.7 Å². The Labute approximate surface area is 158 Å². The highest BCUT2D eigenvalue weighted by Crippen LogP contribution is 2.30. The molecule has 0 saturated carbocycles. The summed E-state index contributed by atoms with van der Waals surface area (Å²) in [6.07, 6.45) is 0.959. The van der Waals surface area contributed by atoms with Crippen LogP contribution in [0.2, 0.25) is 0 Å². The number of piperazine rings is 1. The summed E-state index contributed by atoms with van der Waals surface area (Å²) in [6.45, 7) is 3.02. The predicted octanol–water partition coefficient (Wildman–Crippen LogP) is 3.63. The molecule has 0 unspecified atom stereocenters. The van der Waals surface area contributed by atoms with Gasteiger partial charge in [-0.3, -0.25) is 10.1 Å². The summed E-state index contributed by atoms with van der Waals surface area (Å²) in [4.78, 5) is 32.1. The number of hydrogen-bond donors (Lipinski definition) is 2. The lowest BCUT2D eigenvalue weighted by molar-refractivity contribution is -0.127. The number of amides is 3. The van der Waals surface area contributed by atoms with Crippen molar-refractivity contribution in [2.45, 2.75) is 19.4 Å². The van der Waals surface area contributed by atoms with Gasteiger partial charge in [-0.15, -0.1) is 11.3 Å². The van der Waals surface area contributed by atoms with Crippen LogP contribution in [0.25, 0.3) is 10.2 Å². The van der Waals surface area contributed by atoms with E-state index >= 15 is 0 Å². The fourth-order valence-electron chi connectivity index (χ4n) is 3.02. The van der Waals surface area contributed by atoms with Gasteiger partial charge in [-0.25, -0.2) is 9.78 Å². The summed E-state index contributed by atoms with van der Waals surface area (Å²) in [5, 5.41) is 8.17. The van der Waals surface area contributed by atoms with Gasteiger partial charge in [0.25, 0.3) is 0 Å². The van der Waals surface area contributed by atoms with E-state index in [1.807, 2.05) is 23.6 Å². The Morgan fingerprint density at radius 3 is 3.08 bits per heavy atom. The zero-order valence-electron chi connectivity index (χ0n) is 14.2. The van der Waals surface area contributed by atoms with Crippen LogP contribution in [0, 0.1) is 0 Å². The number of thiophene rings is 1. The molecule has 6 nitrogen and oxygen atoms in total. The normalized spacial score (nSPS) is 17.3. The van der Waals surface area contributed by atoms with Crippen LogP contribution in [-0.4, -0.2) is 34.9 Å². The number of thiazole rings is 1. The topological polar surface area (TPSA) is 74.3 Å². The Balaban J connectivity index is 1.57. The number of nitrogens with zero attached hydrogens (tertiary/aromatic N) is 2. The standard InChI is InChI=1S/C18H18N4O2S2/c1-2-11-5-6-12-14(10-11)26-17(20-12)21-18(24)22-8-7-19-16(23)15(22)13-4-3-9-25-13/h3-6,9-10,15H,2,7-8H2,1H3,(H,19,23)(H,20,21,24)/t15-/m1/s1. The first kappa shape index (κ1) is 17.0. The number of benzene rings is 1. The fourth-order valence-corrected chi connectivity index (χ4v) is 4.77. The van der Waals surface area contributed by atoms with E-state index in [4.69, 9.17) is 0 Å². The van der Waals surface area contributed by atoms with Crippen molar-refractivity contribution in [2.24, 2.45) is 0 Å². The third-order valence-corrected chi connectivity index (χ3v) is 6.22. The zero-order chi connectivity index (χ0) is 18.1. The Hall–Kier alpha value is -2.45. The van der Waals surface area contributed by atoms with Crippen LogP contribution in [0.4, 0.5) is 9.93 Å². The minimum Gasteiger partial charge on any atom is -0.352 e. The van der Waals surface area contributed by atoms with E-state index in [0.717, 1.165) is 21.5 Å². The monoisotopic (exact) mass is 386 g/mol. The number of fused-ring (bicyclic) bond motifs is 1. The number of aryl methyl sites for hydroxylation is 1. The second-order valence-electron chi connectivity index (χ2n) is 6.01. The molecular formula is C18H18N4O2S2. The van der Waals surface area contributed by atoms with Crippen molar-refractivity contribution in [1.29, 1.82) is 0 Å². The lowest BCUT2D eigenvalue weighted by atomic mass is 10.1. The van der Waals surface area contributed by atoms with Gasteiger partial charge >= 0.3 is 6.03 Å². The largest absolute Gasteiger partial charge is 0.352 e. The van der Waals surface area contributed by atoms with Gasteiger partial charge in [0.1, 0.15) is 6.04 Å². The summed E-state index contributed by atoms with van der Waals surface area (Å²) in [6, 6.07) is 9.00. The molecule has 3 heterocycles. The van der Waals surface area contributed by atoms with Gasteiger partial charge < -0.3 is 10.2 Å². The second kappa shape index (κ2) is 7.05. The van der Waals surface area contributed by atoms with Crippen LogP contribution in [0.3, 0.4) is 0 Å². The highest BCUT2D eigenvalue weighted by atomic mass is 32.1. The summed E-state index contributed by atoms with van der Waals surface area (Å²) >= 11 is 2.92. The van der Waals surface area contributed by atoms with Gasteiger partial charge in [-0.05, 0) is 35.6 Å². The smallest absolute Gasteiger partial charge is 0.324 e. The number of hydrogen-bond acceptors (Lipinski definition) is 5. The number of aromatic nitrogens is 1. The lowest BCUT2D eigenvalue weighted by Gasteiger charge is -2.34.